The second kappa shape index (κ2) is 3.56. The lowest BCUT2D eigenvalue weighted by Gasteiger charge is -2.01. The maximum atomic E-state index is 5.72. The number of thiazole rings is 1. The molecule has 0 atom stereocenters. The highest BCUT2D eigenvalue weighted by molar-refractivity contribution is 7.18. The predicted molar refractivity (Wildman–Crippen MR) is 66.5 cm³/mol. The zero-order chi connectivity index (χ0) is 11.1. The Morgan fingerprint density at radius 2 is 2.25 bits per heavy atom. The Balaban J connectivity index is 2.05. The molecule has 3 rings (SSSR count). The first-order valence-corrected chi connectivity index (χ1v) is 6.25. The number of hydrogen-bond acceptors (Lipinski definition) is 4. The van der Waals surface area contributed by atoms with E-state index in [1.54, 1.807) is 11.3 Å². The van der Waals surface area contributed by atoms with Crippen LogP contribution in [0.25, 0.3) is 10.4 Å². The van der Waals surface area contributed by atoms with Crippen molar-refractivity contribution in [1.82, 2.24) is 9.97 Å². The van der Waals surface area contributed by atoms with Crippen molar-refractivity contribution in [3.05, 3.63) is 29.7 Å². The van der Waals surface area contributed by atoms with Crippen LogP contribution < -0.4 is 5.73 Å². The number of aromatic nitrogens is 2. The molecule has 2 aromatic heterocycles. The first-order valence-electron chi connectivity index (χ1n) is 5.43. The molecule has 1 saturated carbocycles. The van der Waals surface area contributed by atoms with Crippen LogP contribution in [0, 0.1) is 6.92 Å². The molecule has 4 heteroatoms. The molecule has 0 unspecified atom stereocenters. The molecule has 82 valence electrons. The van der Waals surface area contributed by atoms with Gasteiger partial charge in [-0.3, -0.25) is 4.98 Å². The molecular weight excluding hydrogens is 218 g/mol. The maximum absolute atomic E-state index is 5.72. The molecule has 0 aliphatic heterocycles. The van der Waals surface area contributed by atoms with E-state index in [4.69, 9.17) is 5.73 Å². The van der Waals surface area contributed by atoms with E-state index in [1.165, 1.54) is 29.0 Å². The summed E-state index contributed by atoms with van der Waals surface area (Å²) in [5, 5.41) is 0.636. The zero-order valence-electron chi connectivity index (χ0n) is 9.10. The Morgan fingerprint density at radius 3 is 2.88 bits per heavy atom. The second-order valence-corrected chi connectivity index (χ2v) is 5.24. The van der Waals surface area contributed by atoms with E-state index in [9.17, 15) is 0 Å². The summed E-state index contributed by atoms with van der Waals surface area (Å²) in [7, 11) is 0. The Bertz CT molecular complexity index is 529. The van der Waals surface area contributed by atoms with Crippen molar-refractivity contribution >= 4 is 16.5 Å². The number of pyridine rings is 1. The third-order valence-corrected chi connectivity index (χ3v) is 3.89. The Hall–Kier alpha value is -1.42. The molecule has 0 aromatic carbocycles. The number of hydrogen-bond donors (Lipinski definition) is 1. The monoisotopic (exact) mass is 231 g/mol. The van der Waals surface area contributed by atoms with Crippen molar-refractivity contribution in [1.29, 1.82) is 0 Å². The van der Waals surface area contributed by atoms with Crippen molar-refractivity contribution in [3.8, 4) is 10.4 Å². The lowest BCUT2D eigenvalue weighted by molar-refractivity contribution is 1.02. The van der Waals surface area contributed by atoms with Gasteiger partial charge < -0.3 is 5.73 Å². The summed E-state index contributed by atoms with van der Waals surface area (Å²) < 4.78 is 0. The summed E-state index contributed by atoms with van der Waals surface area (Å²) in [5.41, 5.74) is 9.14. The number of nitrogens with two attached hydrogens (primary N) is 1. The van der Waals surface area contributed by atoms with Gasteiger partial charge in [0.25, 0.3) is 0 Å². The summed E-state index contributed by atoms with van der Waals surface area (Å²) in [6, 6.07) is 4.21. The molecule has 2 N–H and O–H groups in total. The Labute approximate surface area is 98.4 Å². The first kappa shape index (κ1) is 9.78. The van der Waals surface area contributed by atoms with Crippen molar-refractivity contribution in [2.24, 2.45) is 0 Å². The van der Waals surface area contributed by atoms with Crippen molar-refractivity contribution in [2.45, 2.75) is 25.7 Å². The van der Waals surface area contributed by atoms with Crippen molar-refractivity contribution in [3.63, 3.8) is 0 Å². The highest BCUT2D eigenvalue weighted by Gasteiger charge is 2.25. The molecule has 16 heavy (non-hydrogen) atoms. The van der Waals surface area contributed by atoms with E-state index in [-0.39, 0.29) is 0 Å². The summed E-state index contributed by atoms with van der Waals surface area (Å²) >= 11 is 1.55. The number of nitrogen functional groups attached to an aromatic ring is 1. The molecule has 0 radical (unpaired) electrons. The minimum Gasteiger partial charge on any atom is -0.375 e. The minimum atomic E-state index is 0.636. The molecule has 0 spiro atoms. The smallest absolute Gasteiger partial charge is 0.180 e. The van der Waals surface area contributed by atoms with E-state index < -0.39 is 0 Å². The topological polar surface area (TPSA) is 51.8 Å². The van der Waals surface area contributed by atoms with E-state index in [2.05, 4.69) is 16.0 Å². The fourth-order valence-electron chi connectivity index (χ4n) is 1.88. The van der Waals surface area contributed by atoms with E-state index in [0.717, 1.165) is 5.69 Å². The standard InChI is InChI=1S/C12H13N3S/c1-7-11(16-12(13)15-7)9-4-5-14-10(6-9)8-2-3-8/h4-6,8H,2-3H2,1H3,(H2,13,15). The molecule has 3 nitrogen and oxygen atoms in total. The molecular formula is C12H13N3S. The molecule has 2 heterocycles. The van der Waals surface area contributed by atoms with Crippen LogP contribution in [-0.2, 0) is 0 Å². The van der Waals surface area contributed by atoms with Gasteiger partial charge in [0.15, 0.2) is 5.13 Å². The van der Waals surface area contributed by atoms with Crippen LogP contribution >= 0.6 is 11.3 Å². The van der Waals surface area contributed by atoms with Crippen LogP contribution in [0.4, 0.5) is 5.13 Å². The fourth-order valence-corrected chi connectivity index (χ4v) is 2.71. The number of aryl methyl sites for hydroxylation is 1. The minimum absolute atomic E-state index is 0.636. The van der Waals surface area contributed by atoms with Crippen LogP contribution in [0.3, 0.4) is 0 Å². The summed E-state index contributed by atoms with van der Waals surface area (Å²) in [5.74, 6) is 0.686. The maximum Gasteiger partial charge on any atom is 0.180 e. The van der Waals surface area contributed by atoms with Crippen LogP contribution in [0.5, 0.6) is 0 Å². The first-order chi connectivity index (χ1) is 7.74. The van der Waals surface area contributed by atoms with Gasteiger partial charge in [-0.05, 0) is 37.5 Å². The number of nitrogens with zero attached hydrogens (tertiary/aromatic N) is 2. The highest BCUT2D eigenvalue weighted by atomic mass is 32.1. The third-order valence-electron chi connectivity index (χ3n) is 2.85. The summed E-state index contributed by atoms with van der Waals surface area (Å²) in [6.07, 6.45) is 4.44. The molecule has 1 aliphatic rings. The lowest BCUT2D eigenvalue weighted by atomic mass is 10.1. The third kappa shape index (κ3) is 1.69. The van der Waals surface area contributed by atoms with Crippen molar-refractivity contribution in [2.75, 3.05) is 5.73 Å². The quantitative estimate of drug-likeness (QED) is 0.864. The van der Waals surface area contributed by atoms with Gasteiger partial charge in [-0.1, -0.05) is 11.3 Å². The average molecular weight is 231 g/mol. The Kier molecular flexibility index (Phi) is 2.17. The molecule has 1 fully saturated rings. The normalized spacial score (nSPS) is 15.3. The van der Waals surface area contributed by atoms with Gasteiger partial charge in [0.05, 0.1) is 10.6 Å². The number of anilines is 1. The van der Waals surface area contributed by atoms with Gasteiger partial charge in [-0.15, -0.1) is 0 Å². The predicted octanol–water partition coefficient (Wildman–Crippen LogP) is 2.97. The SMILES string of the molecule is Cc1nc(N)sc1-c1ccnc(C2CC2)c1. The van der Waals surface area contributed by atoms with Crippen LogP contribution in [0.15, 0.2) is 18.3 Å². The van der Waals surface area contributed by atoms with E-state index in [1.807, 2.05) is 19.2 Å². The zero-order valence-corrected chi connectivity index (χ0v) is 9.92. The largest absolute Gasteiger partial charge is 0.375 e. The average Bonchev–Trinajstić information content (AvgIpc) is 3.05. The van der Waals surface area contributed by atoms with E-state index in [0.29, 0.717) is 11.0 Å². The van der Waals surface area contributed by atoms with Crippen LogP contribution in [0.1, 0.15) is 30.1 Å². The fraction of sp³-hybridized carbons (Fsp3) is 0.333. The molecule has 0 bridgehead atoms. The molecule has 0 saturated heterocycles. The van der Waals surface area contributed by atoms with Crippen molar-refractivity contribution < 1.29 is 0 Å². The Morgan fingerprint density at radius 1 is 1.44 bits per heavy atom. The summed E-state index contributed by atoms with van der Waals surface area (Å²) in [4.78, 5) is 9.84. The molecule has 2 aromatic rings. The van der Waals surface area contributed by atoms with Crippen LogP contribution in [-0.4, -0.2) is 9.97 Å². The van der Waals surface area contributed by atoms with Gasteiger partial charge in [0, 0.05) is 17.8 Å². The lowest BCUT2D eigenvalue weighted by Crippen LogP contribution is -1.87. The van der Waals surface area contributed by atoms with Gasteiger partial charge in [0.2, 0.25) is 0 Å². The highest BCUT2D eigenvalue weighted by Crippen LogP contribution is 2.40. The summed E-state index contributed by atoms with van der Waals surface area (Å²) in [6.45, 7) is 2.00. The second-order valence-electron chi connectivity index (χ2n) is 4.21. The van der Waals surface area contributed by atoms with Gasteiger partial charge in [0.1, 0.15) is 0 Å². The molecule has 1 aliphatic carbocycles. The van der Waals surface area contributed by atoms with E-state index >= 15 is 0 Å². The van der Waals surface area contributed by atoms with Gasteiger partial charge >= 0.3 is 0 Å². The van der Waals surface area contributed by atoms with Gasteiger partial charge in [-0.2, -0.15) is 0 Å². The van der Waals surface area contributed by atoms with Crippen LogP contribution in [0.2, 0.25) is 0 Å². The van der Waals surface area contributed by atoms with Gasteiger partial charge in [-0.25, -0.2) is 4.98 Å². The number of rotatable bonds is 2. The molecule has 0 amide bonds.